The van der Waals surface area contributed by atoms with E-state index < -0.39 is 5.60 Å². The first-order valence-electron chi connectivity index (χ1n) is 8.49. The first-order chi connectivity index (χ1) is 11.5. The molecule has 0 aromatic carbocycles. The highest BCUT2D eigenvalue weighted by Crippen LogP contribution is 2.33. The molecule has 134 valence electrons. The molecule has 8 nitrogen and oxygen atoms in total. The summed E-state index contributed by atoms with van der Waals surface area (Å²) in [4.78, 5) is 11.3. The van der Waals surface area contributed by atoms with Crippen LogP contribution in [0.2, 0.25) is 0 Å². The maximum atomic E-state index is 11.3. The van der Waals surface area contributed by atoms with Crippen molar-refractivity contribution in [2.24, 2.45) is 5.92 Å². The highest BCUT2D eigenvalue weighted by Gasteiger charge is 2.38. The fourth-order valence-corrected chi connectivity index (χ4v) is 2.61. The third kappa shape index (κ3) is 4.61. The quantitative estimate of drug-likeness (QED) is 0.459. The van der Waals surface area contributed by atoms with Crippen LogP contribution in [0.3, 0.4) is 0 Å². The molecule has 0 bridgehead atoms. The van der Waals surface area contributed by atoms with Gasteiger partial charge in [0.25, 0.3) is 0 Å². The van der Waals surface area contributed by atoms with Crippen LogP contribution in [0.4, 0.5) is 0 Å². The zero-order valence-corrected chi connectivity index (χ0v) is 14.8. The van der Waals surface area contributed by atoms with Crippen molar-refractivity contribution in [3.63, 3.8) is 0 Å². The molecule has 2 N–H and O–H groups in total. The summed E-state index contributed by atoms with van der Waals surface area (Å²) in [6.07, 6.45) is 4.54. The van der Waals surface area contributed by atoms with E-state index in [4.69, 9.17) is 4.74 Å². The third-order valence-corrected chi connectivity index (χ3v) is 4.68. The molecule has 1 fully saturated rings. The molecule has 0 saturated heterocycles. The molecule has 2 atom stereocenters. The number of nitrogens with one attached hydrogen (secondary N) is 2. The second kappa shape index (κ2) is 8.34. The Labute approximate surface area is 143 Å². The maximum absolute atomic E-state index is 11.3. The lowest BCUT2D eigenvalue weighted by Crippen LogP contribution is -2.46. The van der Waals surface area contributed by atoms with E-state index in [-0.39, 0.29) is 11.9 Å². The molecule has 0 spiro atoms. The molecule has 1 aromatic heterocycles. The summed E-state index contributed by atoms with van der Waals surface area (Å²) in [6, 6.07) is -0.165. The Hall–Kier alpha value is -1.80. The van der Waals surface area contributed by atoms with E-state index >= 15 is 0 Å². The number of nitrogens with zero attached hydrogens (tertiary/aromatic N) is 4. The van der Waals surface area contributed by atoms with Gasteiger partial charge in [0.1, 0.15) is 0 Å². The van der Waals surface area contributed by atoms with Crippen molar-refractivity contribution in [3.05, 3.63) is 18.5 Å². The number of carbonyl (C=O) groups excluding carboxylic acids is 1. The van der Waals surface area contributed by atoms with Gasteiger partial charge in [0.15, 0.2) is 5.82 Å². The van der Waals surface area contributed by atoms with Crippen molar-refractivity contribution >= 4 is 5.91 Å². The molecular weight excluding hydrogens is 308 g/mol. The van der Waals surface area contributed by atoms with Crippen molar-refractivity contribution in [2.45, 2.75) is 51.3 Å². The van der Waals surface area contributed by atoms with Crippen molar-refractivity contribution in [3.8, 4) is 0 Å². The molecule has 1 amide bonds. The van der Waals surface area contributed by atoms with E-state index in [2.05, 4.69) is 39.7 Å². The Balaban J connectivity index is 2.09. The first kappa shape index (κ1) is 18.5. The van der Waals surface area contributed by atoms with Crippen LogP contribution in [-0.4, -0.2) is 51.9 Å². The van der Waals surface area contributed by atoms with E-state index in [1.54, 1.807) is 7.11 Å². The van der Waals surface area contributed by atoms with Crippen LogP contribution in [0, 0.1) is 5.92 Å². The SMILES string of the molecule is C=CC(=O)NCCNC(c1nnnn1CC1CC1)C(C)(CC)OC. The van der Waals surface area contributed by atoms with Crippen molar-refractivity contribution < 1.29 is 9.53 Å². The monoisotopic (exact) mass is 336 g/mol. The average molecular weight is 336 g/mol. The second-order valence-corrected chi connectivity index (χ2v) is 6.42. The lowest BCUT2D eigenvalue weighted by atomic mass is 9.92. The van der Waals surface area contributed by atoms with Crippen LogP contribution < -0.4 is 10.6 Å². The van der Waals surface area contributed by atoms with E-state index in [1.807, 2.05) is 11.6 Å². The smallest absolute Gasteiger partial charge is 0.243 e. The van der Waals surface area contributed by atoms with Crippen molar-refractivity contribution in [2.75, 3.05) is 20.2 Å². The molecule has 2 unspecified atom stereocenters. The topological polar surface area (TPSA) is 94.0 Å². The number of carbonyl (C=O) groups is 1. The second-order valence-electron chi connectivity index (χ2n) is 6.42. The van der Waals surface area contributed by atoms with E-state index in [0.29, 0.717) is 19.0 Å². The number of rotatable bonds is 11. The largest absolute Gasteiger partial charge is 0.376 e. The van der Waals surface area contributed by atoms with Crippen LogP contribution >= 0.6 is 0 Å². The predicted molar refractivity (Wildman–Crippen MR) is 90.2 cm³/mol. The number of amides is 1. The Morgan fingerprint density at radius 1 is 1.54 bits per heavy atom. The van der Waals surface area contributed by atoms with Gasteiger partial charge in [-0.15, -0.1) is 5.10 Å². The molecule has 1 aliphatic rings. The molecule has 0 aliphatic heterocycles. The van der Waals surface area contributed by atoms with Crippen LogP contribution in [0.15, 0.2) is 12.7 Å². The Morgan fingerprint density at radius 2 is 2.29 bits per heavy atom. The van der Waals surface area contributed by atoms with Gasteiger partial charge < -0.3 is 15.4 Å². The molecule has 1 aliphatic carbocycles. The zero-order valence-electron chi connectivity index (χ0n) is 14.8. The van der Waals surface area contributed by atoms with Crippen LogP contribution in [0.1, 0.15) is 45.0 Å². The molecule has 8 heteroatoms. The zero-order chi connectivity index (χ0) is 17.6. The van der Waals surface area contributed by atoms with E-state index in [0.717, 1.165) is 18.8 Å². The van der Waals surface area contributed by atoms with Gasteiger partial charge >= 0.3 is 0 Å². The summed E-state index contributed by atoms with van der Waals surface area (Å²) in [6.45, 7) is 9.49. The molecule has 24 heavy (non-hydrogen) atoms. The standard InChI is InChI=1S/C16H28N6O2/c1-5-13(23)17-9-10-18-14(16(3,6-2)24-4)15-19-20-21-22(15)11-12-7-8-12/h5,12,14,18H,1,6-11H2,2-4H3,(H,17,23). The van der Waals surface area contributed by atoms with Crippen LogP contribution in [0.25, 0.3) is 0 Å². The van der Waals surface area contributed by atoms with Gasteiger partial charge in [-0.25, -0.2) is 4.68 Å². The highest BCUT2D eigenvalue weighted by molar-refractivity contribution is 5.86. The van der Waals surface area contributed by atoms with Gasteiger partial charge in [-0.3, -0.25) is 4.79 Å². The maximum Gasteiger partial charge on any atom is 0.243 e. The minimum absolute atomic E-state index is 0.165. The summed E-state index contributed by atoms with van der Waals surface area (Å²) in [5.74, 6) is 1.27. The van der Waals surface area contributed by atoms with Crippen molar-refractivity contribution in [1.29, 1.82) is 0 Å². The van der Waals surface area contributed by atoms with Gasteiger partial charge in [-0.1, -0.05) is 13.5 Å². The summed E-state index contributed by atoms with van der Waals surface area (Å²) in [7, 11) is 1.70. The molecule has 0 radical (unpaired) electrons. The number of hydrogen-bond acceptors (Lipinski definition) is 6. The summed E-state index contributed by atoms with van der Waals surface area (Å²) in [5, 5.41) is 18.5. The lowest BCUT2D eigenvalue weighted by molar-refractivity contribution is -0.116. The average Bonchev–Trinajstić information content (AvgIpc) is 3.31. The lowest BCUT2D eigenvalue weighted by Gasteiger charge is -2.35. The van der Waals surface area contributed by atoms with Crippen molar-refractivity contribution in [1.82, 2.24) is 30.8 Å². The van der Waals surface area contributed by atoms with Gasteiger partial charge in [0.2, 0.25) is 5.91 Å². The summed E-state index contributed by atoms with van der Waals surface area (Å²) in [5.41, 5.74) is -0.446. The predicted octanol–water partition coefficient (Wildman–Crippen LogP) is 0.831. The van der Waals surface area contributed by atoms with E-state index in [9.17, 15) is 4.79 Å². The molecular formula is C16H28N6O2. The molecule has 1 heterocycles. The fourth-order valence-electron chi connectivity index (χ4n) is 2.61. The minimum Gasteiger partial charge on any atom is -0.376 e. The number of tetrazole rings is 1. The van der Waals surface area contributed by atoms with Gasteiger partial charge in [-0.05, 0) is 48.6 Å². The van der Waals surface area contributed by atoms with Gasteiger partial charge in [0, 0.05) is 26.7 Å². The molecule has 1 saturated carbocycles. The Morgan fingerprint density at radius 3 is 2.88 bits per heavy atom. The Kier molecular flexibility index (Phi) is 6.44. The summed E-state index contributed by atoms with van der Waals surface area (Å²) >= 11 is 0. The number of methoxy groups -OCH3 is 1. The molecule has 1 aromatic rings. The van der Waals surface area contributed by atoms with Gasteiger partial charge in [-0.2, -0.15) is 0 Å². The number of hydrogen-bond donors (Lipinski definition) is 2. The normalized spacial score (nSPS) is 18.0. The molecule has 2 rings (SSSR count). The first-order valence-corrected chi connectivity index (χ1v) is 8.49. The highest BCUT2D eigenvalue weighted by atomic mass is 16.5. The van der Waals surface area contributed by atoms with Crippen LogP contribution in [0.5, 0.6) is 0 Å². The summed E-state index contributed by atoms with van der Waals surface area (Å²) < 4.78 is 7.65. The van der Waals surface area contributed by atoms with Gasteiger partial charge in [0.05, 0.1) is 11.6 Å². The fraction of sp³-hybridized carbons (Fsp3) is 0.750. The van der Waals surface area contributed by atoms with E-state index in [1.165, 1.54) is 18.9 Å². The number of aromatic nitrogens is 4. The number of ether oxygens (including phenoxy) is 1. The third-order valence-electron chi connectivity index (χ3n) is 4.68. The minimum atomic E-state index is -0.446. The van der Waals surface area contributed by atoms with Crippen LogP contribution in [-0.2, 0) is 16.1 Å². The Bertz CT molecular complexity index is 551.